The van der Waals surface area contributed by atoms with E-state index in [2.05, 4.69) is 15.6 Å². The van der Waals surface area contributed by atoms with Gasteiger partial charge in [0.15, 0.2) is 26.5 Å². The Balaban J connectivity index is 1.44. The van der Waals surface area contributed by atoms with Crippen molar-refractivity contribution in [1.29, 1.82) is 0 Å². The first-order valence-electron chi connectivity index (χ1n) is 9.22. The monoisotopic (exact) mass is 447 g/mol. The molecule has 2 aliphatic rings. The number of nitrogens with one attached hydrogen (secondary N) is 2. The van der Waals surface area contributed by atoms with E-state index in [0.29, 0.717) is 33.6 Å². The predicted octanol–water partition coefficient (Wildman–Crippen LogP) is 2.64. The van der Waals surface area contributed by atoms with Crippen LogP contribution in [0.2, 0.25) is 0 Å². The molecule has 8 nitrogen and oxygen atoms in total. The number of sulfone groups is 1. The van der Waals surface area contributed by atoms with E-state index in [1.54, 1.807) is 43.5 Å². The zero-order valence-electron chi connectivity index (χ0n) is 16.4. The fraction of sp³-hybridized carbons (Fsp3) is 0.300. The molecule has 0 saturated carbocycles. The highest BCUT2D eigenvalue weighted by atomic mass is 32.2. The molecule has 2 unspecified atom stereocenters. The van der Waals surface area contributed by atoms with Crippen LogP contribution in [0.15, 0.2) is 47.5 Å². The van der Waals surface area contributed by atoms with E-state index in [0.717, 1.165) is 0 Å². The van der Waals surface area contributed by atoms with Crippen LogP contribution in [-0.2, 0) is 9.84 Å². The van der Waals surface area contributed by atoms with E-state index in [-0.39, 0.29) is 28.7 Å². The van der Waals surface area contributed by atoms with Gasteiger partial charge in [-0.2, -0.15) is 0 Å². The molecule has 1 fully saturated rings. The maximum Gasteiger partial charge on any atom is 0.255 e. The fourth-order valence-corrected chi connectivity index (χ4v) is 7.07. The van der Waals surface area contributed by atoms with Gasteiger partial charge in [0.25, 0.3) is 5.91 Å². The summed E-state index contributed by atoms with van der Waals surface area (Å²) in [6.45, 7) is 0. The number of thioether (sulfide) groups is 1. The molecule has 10 heteroatoms. The van der Waals surface area contributed by atoms with Crippen molar-refractivity contribution in [2.45, 2.75) is 11.3 Å². The molecule has 4 rings (SSSR count). The van der Waals surface area contributed by atoms with Crippen molar-refractivity contribution in [2.75, 3.05) is 36.4 Å². The van der Waals surface area contributed by atoms with Gasteiger partial charge in [0.05, 0.1) is 31.8 Å². The highest BCUT2D eigenvalue weighted by molar-refractivity contribution is 8.15. The number of ether oxygens (including phenoxy) is 2. The van der Waals surface area contributed by atoms with Gasteiger partial charge in [0.1, 0.15) is 0 Å². The first kappa shape index (κ1) is 20.5. The molecule has 0 aromatic heterocycles. The normalized spacial score (nSPS) is 21.5. The van der Waals surface area contributed by atoms with Crippen molar-refractivity contribution in [3.05, 3.63) is 48.0 Å². The summed E-state index contributed by atoms with van der Waals surface area (Å²) in [7, 11) is 0.0984. The molecule has 1 saturated heterocycles. The number of nitrogens with zero attached hydrogens (tertiary/aromatic N) is 1. The highest BCUT2D eigenvalue weighted by Gasteiger charge is 2.42. The summed E-state index contributed by atoms with van der Waals surface area (Å²) < 4.78 is 33.9. The molecule has 1 amide bonds. The van der Waals surface area contributed by atoms with Gasteiger partial charge in [-0.25, -0.2) is 8.42 Å². The molecular formula is C20H21N3O5S2. The van der Waals surface area contributed by atoms with Crippen molar-refractivity contribution < 1.29 is 22.7 Å². The van der Waals surface area contributed by atoms with E-state index in [9.17, 15) is 13.2 Å². The van der Waals surface area contributed by atoms with Crippen molar-refractivity contribution in [3.8, 4) is 11.5 Å². The van der Waals surface area contributed by atoms with Gasteiger partial charge in [-0.05, 0) is 30.3 Å². The molecule has 2 aromatic rings. The van der Waals surface area contributed by atoms with Crippen LogP contribution in [0.4, 0.5) is 11.4 Å². The molecule has 0 aliphatic carbocycles. The van der Waals surface area contributed by atoms with Crippen LogP contribution in [-0.4, -0.2) is 56.5 Å². The van der Waals surface area contributed by atoms with Crippen LogP contribution in [0.5, 0.6) is 11.5 Å². The summed E-state index contributed by atoms with van der Waals surface area (Å²) in [5.74, 6) is 1.09. The van der Waals surface area contributed by atoms with E-state index >= 15 is 0 Å². The molecule has 30 heavy (non-hydrogen) atoms. The number of fused-ring (bicyclic) bond motifs is 1. The predicted molar refractivity (Wildman–Crippen MR) is 119 cm³/mol. The first-order chi connectivity index (χ1) is 14.4. The number of carbonyl (C=O) groups excluding carboxylic acids is 1. The first-order valence-corrected chi connectivity index (χ1v) is 11.9. The number of anilines is 2. The lowest BCUT2D eigenvalue weighted by atomic mass is 10.2. The van der Waals surface area contributed by atoms with E-state index in [1.165, 1.54) is 18.9 Å². The number of hydrogen-bond donors (Lipinski definition) is 2. The molecule has 2 aliphatic heterocycles. The zero-order valence-corrected chi connectivity index (χ0v) is 18.0. The zero-order chi connectivity index (χ0) is 21.3. The Hall–Kier alpha value is -2.72. The van der Waals surface area contributed by atoms with Crippen LogP contribution in [0, 0.1) is 0 Å². The number of rotatable bonds is 5. The van der Waals surface area contributed by atoms with Gasteiger partial charge < -0.3 is 20.1 Å². The molecule has 0 bridgehead atoms. The number of methoxy groups -OCH3 is 2. The van der Waals surface area contributed by atoms with Gasteiger partial charge in [0.2, 0.25) is 0 Å². The maximum absolute atomic E-state index is 12.7. The van der Waals surface area contributed by atoms with Crippen LogP contribution in [0.3, 0.4) is 0 Å². The van der Waals surface area contributed by atoms with Crippen molar-refractivity contribution in [1.82, 2.24) is 0 Å². The number of benzene rings is 2. The standard InChI is InChI=1S/C20H21N3O5S2/c1-27-16-7-6-14(9-17(16)28-2)21-19(24)12-4-3-5-13(8-12)22-20-23-15-10-30(25,26)11-18(15)29-20/h3-9,15,18H,10-11H2,1-2H3,(H,21,24)(H,22,23). The summed E-state index contributed by atoms with van der Waals surface area (Å²) in [4.78, 5) is 17.2. The van der Waals surface area contributed by atoms with Gasteiger partial charge in [-0.1, -0.05) is 17.8 Å². The molecule has 2 N–H and O–H groups in total. The minimum atomic E-state index is -2.98. The minimum Gasteiger partial charge on any atom is -0.493 e. The van der Waals surface area contributed by atoms with Crippen LogP contribution in [0.25, 0.3) is 0 Å². The number of carbonyl (C=O) groups is 1. The Morgan fingerprint density at radius 3 is 2.60 bits per heavy atom. The Labute approximate surface area is 179 Å². The number of amidine groups is 1. The molecule has 2 heterocycles. The largest absolute Gasteiger partial charge is 0.493 e. The van der Waals surface area contributed by atoms with Crippen LogP contribution < -0.4 is 20.1 Å². The average Bonchev–Trinajstić information content (AvgIpc) is 3.20. The van der Waals surface area contributed by atoms with Crippen molar-refractivity contribution in [2.24, 2.45) is 4.99 Å². The molecular weight excluding hydrogens is 426 g/mol. The third-order valence-corrected chi connectivity index (χ3v) is 7.98. The lowest BCUT2D eigenvalue weighted by molar-refractivity contribution is 0.102. The smallest absolute Gasteiger partial charge is 0.255 e. The van der Waals surface area contributed by atoms with Crippen LogP contribution >= 0.6 is 11.8 Å². The second kappa shape index (κ2) is 8.19. The number of aliphatic imine (C=N–C) groups is 1. The quantitative estimate of drug-likeness (QED) is 0.726. The Kier molecular flexibility index (Phi) is 5.61. The average molecular weight is 448 g/mol. The molecule has 2 atom stereocenters. The number of hydrogen-bond acceptors (Lipinski definition) is 8. The number of amides is 1. The summed E-state index contributed by atoms with van der Waals surface area (Å²) in [6, 6.07) is 12.0. The Morgan fingerprint density at radius 2 is 1.87 bits per heavy atom. The second-order valence-electron chi connectivity index (χ2n) is 6.96. The summed E-state index contributed by atoms with van der Waals surface area (Å²) in [5.41, 5.74) is 1.77. The fourth-order valence-electron chi connectivity index (χ4n) is 3.39. The third-order valence-electron chi connectivity index (χ3n) is 4.84. The Bertz CT molecular complexity index is 1120. The summed E-state index contributed by atoms with van der Waals surface area (Å²) >= 11 is 1.44. The molecule has 0 radical (unpaired) electrons. The van der Waals surface area contributed by atoms with Gasteiger partial charge >= 0.3 is 0 Å². The van der Waals surface area contributed by atoms with Crippen molar-refractivity contribution in [3.63, 3.8) is 0 Å². The third kappa shape index (κ3) is 4.39. The van der Waals surface area contributed by atoms with Crippen LogP contribution in [0.1, 0.15) is 10.4 Å². The molecule has 2 aromatic carbocycles. The van der Waals surface area contributed by atoms with Gasteiger partial charge in [0, 0.05) is 28.3 Å². The van der Waals surface area contributed by atoms with E-state index < -0.39 is 9.84 Å². The van der Waals surface area contributed by atoms with Gasteiger partial charge in [-0.15, -0.1) is 0 Å². The maximum atomic E-state index is 12.7. The Morgan fingerprint density at radius 1 is 1.07 bits per heavy atom. The molecule has 0 spiro atoms. The molecule has 158 valence electrons. The van der Waals surface area contributed by atoms with Crippen molar-refractivity contribution >= 4 is 44.0 Å². The second-order valence-corrected chi connectivity index (χ2v) is 10.3. The SMILES string of the molecule is COc1ccc(NC(=O)c2cccc(NC3=NC4CS(=O)(=O)CC4S3)c2)cc1OC. The van der Waals surface area contributed by atoms with E-state index in [1.807, 2.05) is 6.07 Å². The van der Waals surface area contributed by atoms with E-state index in [4.69, 9.17) is 9.47 Å². The minimum absolute atomic E-state index is 0.0333. The summed E-state index contributed by atoms with van der Waals surface area (Å²) in [5, 5.41) is 6.68. The topological polar surface area (TPSA) is 106 Å². The summed E-state index contributed by atoms with van der Waals surface area (Å²) in [6.07, 6.45) is 0. The lowest BCUT2D eigenvalue weighted by Crippen LogP contribution is -2.14. The lowest BCUT2D eigenvalue weighted by Gasteiger charge is -2.11. The highest BCUT2D eigenvalue weighted by Crippen LogP contribution is 2.34. The van der Waals surface area contributed by atoms with Gasteiger partial charge in [-0.3, -0.25) is 9.79 Å².